The average molecular weight is 129 g/mol. The largest absolute Gasteiger partial charge is 0.396 e. The fraction of sp³-hybridized carbons (Fsp3) is 1.00. The molecule has 0 aliphatic heterocycles. The van der Waals surface area contributed by atoms with E-state index >= 15 is 0 Å². The van der Waals surface area contributed by atoms with Crippen LogP contribution in [0.15, 0.2) is 0 Å². The molecule has 0 heterocycles. The van der Waals surface area contributed by atoms with Crippen molar-refractivity contribution in [3.63, 3.8) is 0 Å². The fourth-order valence-corrected chi connectivity index (χ4v) is 1.44. The molecule has 1 rings (SSSR count). The summed E-state index contributed by atoms with van der Waals surface area (Å²) in [4.78, 5) is 2.20. The number of hydrogen-bond acceptors (Lipinski definition) is 2. The van der Waals surface area contributed by atoms with Crippen molar-refractivity contribution in [1.29, 1.82) is 0 Å². The molecule has 1 fully saturated rings. The first kappa shape index (κ1) is 7.03. The van der Waals surface area contributed by atoms with Gasteiger partial charge in [-0.3, -0.25) is 0 Å². The van der Waals surface area contributed by atoms with E-state index in [2.05, 4.69) is 19.0 Å². The summed E-state index contributed by atoms with van der Waals surface area (Å²) < 4.78 is 0. The van der Waals surface area contributed by atoms with Gasteiger partial charge in [0.05, 0.1) is 0 Å². The molecule has 0 aromatic rings. The zero-order valence-electron chi connectivity index (χ0n) is 6.17. The molecule has 0 bridgehead atoms. The third-order valence-corrected chi connectivity index (χ3v) is 2.28. The lowest BCUT2D eigenvalue weighted by molar-refractivity contribution is 0.0557. The van der Waals surface area contributed by atoms with Crippen LogP contribution in [0.25, 0.3) is 0 Å². The summed E-state index contributed by atoms with van der Waals surface area (Å²) in [6, 6.07) is 0.648. The first-order valence-electron chi connectivity index (χ1n) is 3.53. The van der Waals surface area contributed by atoms with Crippen LogP contribution >= 0.6 is 0 Å². The van der Waals surface area contributed by atoms with Gasteiger partial charge in [0.25, 0.3) is 0 Å². The lowest BCUT2D eigenvalue weighted by atomic mass is 9.79. The molecule has 54 valence electrons. The van der Waals surface area contributed by atoms with Crippen LogP contribution in [-0.4, -0.2) is 36.8 Å². The van der Waals surface area contributed by atoms with E-state index in [1.165, 1.54) is 12.8 Å². The Labute approximate surface area is 56.5 Å². The van der Waals surface area contributed by atoms with Crippen LogP contribution in [-0.2, 0) is 0 Å². The van der Waals surface area contributed by atoms with Gasteiger partial charge in [-0.2, -0.15) is 0 Å². The van der Waals surface area contributed by atoms with Crippen LogP contribution < -0.4 is 0 Å². The van der Waals surface area contributed by atoms with Crippen LogP contribution in [0.4, 0.5) is 0 Å². The Morgan fingerprint density at radius 2 is 2.11 bits per heavy atom. The summed E-state index contributed by atoms with van der Waals surface area (Å²) in [6.07, 6.45) is 2.47. The maximum absolute atomic E-state index is 8.78. The van der Waals surface area contributed by atoms with Crippen molar-refractivity contribution in [2.24, 2.45) is 5.92 Å². The minimum Gasteiger partial charge on any atom is -0.396 e. The molecule has 0 saturated heterocycles. The van der Waals surface area contributed by atoms with Gasteiger partial charge in [-0.15, -0.1) is 0 Å². The van der Waals surface area contributed by atoms with Crippen LogP contribution in [0.3, 0.4) is 0 Å². The highest BCUT2D eigenvalue weighted by Gasteiger charge is 2.31. The fourth-order valence-electron chi connectivity index (χ4n) is 1.44. The molecule has 2 atom stereocenters. The van der Waals surface area contributed by atoms with Crippen molar-refractivity contribution >= 4 is 0 Å². The molecule has 0 spiro atoms. The molecule has 2 unspecified atom stereocenters. The summed E-state index contributed by atoms with van der Waals surface area (Å²) in [5, 5.41) is 8.78. The van der Waals surface area contributed by atoms with Gasteiger partial charge in [0.2, 0.25) is 0 Å². The standard InChI is InChI=1S/C7H15NO/c1-8(2)7-4-3-6(7)5-9/h6-7,9H,3-5H2,1-2H3. The Hall–Kier alpha value is -0.0800. The molecular weight excluding hydrogens is 114 g/mol. The second-order valence-corrected chi connectivity index (χ2v) is 3.05. The van der Waals surface area contributed by atoms with E-state index in [1.807, 2.05) is 0 Å². The van der Waals surface area contributed by atoms with Crippen molar-refractivity contribution in [1.82, 2.24) is 4.90 Å². The Morgan fingerprint density at radius 1 is 1.44 bits per heavy atom. The van der Waals surface area contributed by atoms with Gasteiger partial charge >= 0.3 is 0 Å². The molecule has 1 aliphatic carbocycles. The number of hydrogen-bond donors (Lipinski definition) is 1. The van der Waals surface area contributed by atoms with E-state index < -0.39 is 0 Å². The molecule has 2 nitrogen and oxygen atoms in total. The second kappa shape index (κ2) is 2.67. The van der Waals surface area contributed by atoms with Crippen LogP contribution in [0.1, 0.15) is 12.8 Å². The van der Waals surface area contributed by atoms with Crippen LogP contribution in [0, 0.1) is 5.92 Å². The predicted molar refractivity (Wildman–Crippen MR) is 37.3 cm³/mol. The second-order valence-electron chi connectivity index (χ2n) is 3.05. The highest BCUT2D eigenvalue weighted by atomic mass is 16.3. The number of nitrogens with zero attached hydrogens (tertiary/aromatic N) is 1. The number of aliphatic hydroxyl groups excluding tert-OH is 1. The van der Waals surface area contributed by atoms with Gasteiger partial charge in [-0.25, -0.2) is 0 Å². The zero-order valence-corrected chi connectivity index (χ0v) is 6.17. The third kappa shape index (κ3) is 1.25. The van der Waals surface area contributed by atoms with Gasteiger partial charge in [0.15, 0.2) is 0 Å². The van der Waals surface area contributed by atoms with E-state index in [4.69, 9.17) is 5.11 Å². The molecule has 0 aromatic carbocycles. The average Bonchev–Trinajstić information content (AvgIpc) is 1.61. The van der Waals surface area contributed by atoms with Crippen molar-refractivity contribution in [3.05, 3.63) is 0 Å². The predicted octanol–water partition coefficient (Wildman–Crippen LogP) is 0.319. The monoisotopic (exact) mass is 129 g/mol. The summed E-state index contributed by atoms with van der Waals surface area (Å²) in [7, 11) is 4.15. The van der Waals surface area contributed by atoms with Gasteiger partial charge in [-0.1, -0.05) is 0 Å². The first-order chi connectivity index (χ1) is 4.25. The maximum atomic E-state index is 8.78. The van der Waals surface area contributed by atoms with Crippen molar-refractivity contribution in [2.45, 2.75) is 18.9 Å². The van der Waals surface area contributed by atoms with Gasteiger partial charge < -0.3 is 10.0 Å². The molecule has 1 saturated carbocycles. The van der Waals surface area contributed by atoms with E-state index in [0.717, 1.165) is 0 Å². The zero-order chi connectivity index (χ0) is 6.85. The molecule has 0 amide bonds. The Kier molecular flexibility index (Phi) is 2.09. The molecule has 1 N–H and O–H groups in total. The van der Waals surface area contributed by atoms with Crippen molar-refractivity contribution < 1.29 is 5.11 Å². The highest BCUT2D eigenvalue weighted by Crippen LogP contribution is 2.29. The van der Waals surface area contributed by atoms with Gasteiger partial charge in [0.1, 0.15) is 0 Å². The van der Waals surface area contributed by atoms with E-state index in [0.29, 0.717) is 18.6 Å². The Bertz CT molecular complexity index is 90.9. The summed E-state index contributed by atoms with van der Waals surface area (Å²) >= 11 is 0. The Balaban J connectivity index is 2.27. The topological polar surface area (TPSA) is 23.5 Å². The molecule has 0 radical (unpaired) electrons. The summed E-state index contributed by atoms with van der Waals surface area (Å²) in [5.41, 5.74) is 0. The maximum Gasteiger partial charge on any atom is 0.0474 e. The van der Waals surface area contributed by atoms with Gasteiger partial charge in [0, 0.05) is 12.6 Å². The minimum absolute atomic E-state index is 0.364. The smallest absolute Gasteiger partial charge is 0.0474 e. The molecule has 0 aromatic heterocycles. The van der Waals surface area contributed by atoms with Crippen molar-refractivity contribution in [3.8, 4) is 0 Å². The Morgan fingerprint density at radius 3 is 2.22 bits per heavy atom. The normalized spacial score (nSPS) is 34.7. The van der Waals surface area contributed by atoms with Crippen molar-refractivity contribution in [2.75, 3.05) is 20.7 Å². The lowest BCUT2D eigenvalue weighted by Gasteiger charge is -2.39. The number of aliphatic hydroxyl groups is 1. The van der Waals surface area contributed by atoms with Crippen LogP contribution in [0.5, 0.6) is 0 Å². The van der Waals surface area contributed by atoms with Gasteiger partial charge in [-0.05, 0) is 32.9 Å². The summed E-state index contributed by atoms with van der Waals surface area (Å²) in [5.74, 6) is 0.556. The summed E-state index contributed by atoms with van der Waals surface area (Å²) in [6.45, 7) is 0.364. The molecule has 1 aliphatic rings. The minimum atomic E-state index is 0.364. The van der Waals surface area contributed by atoms with Crippen LogP contribution in [0.2, 0.25) is 0 Å². The number of rotatable bonds is 2. The first-order valence-corrected chi connectivity index (χ1v) is 3.53. The SMILES string of the molecule is CN(C)C1CCC1CO. The van der Waals surface area contributed by atoms with E-state index in [9.17, 15) is 0 Å². The molecule has 9 heavy (non-hydrogen) atoms. The highest BCUT2D eigenvalue weighted by molar-refractivity contribution is 4.85. The lowest BCUT2D eigenvalue weighted by Crippen LogP contribution is -2.44. The quantitative estimate of drug-likeness (QED) is 0.580. The molecule has 2 heteroatoms. The van der Waals surface area contributed by atoms with E-state index in [-0.39, 0.29) is 0 Å². The molecular formula is C7H15NO. The third-order valence-electron chi connectivity index (χ3n) is 2.28. The van der Waals surface area contributed by atoms with E-state index in [1.54, 1.807) is 0 Å².